The van der Waals surface area contributed by atoms with Crippen molar-refractivity contribution in [1.82, 2.24) is 9.21 Å². The van der Waals surface area contributed by atoms with Crippen molar-refractivity contribution in [2.75, 3.05) is 31.9 Å². The van der Waals surface area contributed by atoms with Gasteiger partial charge in [0.15, 0.2) is 0 Å². The average Bonchev–Trinajstić information content (AvgIpc) is 2.53. The molecule has 1 heterocycles. The van der Waals surface area contributed by atoms with Crippen molar-refractivity contribution in [1.29, 1.82) is 0 Å². The van der Waals surface area contributed by atoms with Crippen molar-refractivity contribution in [3.63, 3.8) is 0 Å². The van der Waals surface area contributed by atoms with Crippen LogP contribution in [0, 0.1) is 0 Å². The molecule has 0 spiro atoms. The molecule has 1 amide bonds. The molecule has 1 saturated heterocycles. The first kappa shape index (κ1) is 17.7. The predicted molar refractivity (Wildman–Crippen MR) is 78.4 cm³/mol. The Morgan fingerprint density at radius 3 is 2.04 bits per heavy atom. The Balaban J connectivity index is 2.03. The second-order valence-electron chi connectivity index (χ2n) is 5.17. The number of rotatable bonds is 3. The lowest BCUT2D eigenvalue weighted by Gasteiger charge is -2.33. The van der Waals surface area contributed by atoms with Crippen LogP contribution in [0.5, 0.6) is 0 Å². The second-order valence-corrected chi connectivity index (χ2v) is 7.42. The number of hydrogen-bond donors (Lipinski definition) is 0. The summed E-state index contributed by atoms with van der Waals surface area (Å²) in [4.78, 5) is 13.7. The molecule has 128 valence electrons. The van der Waals surface area contributed by atoms with Gasteiger partial charge in [0.1, 0.15) is 0 Å². The first-order valence-electron chi connectivity index (χ1n) is 7.09. The van der Waals surface area contributed by atoms with Gasteiger partial charge in [-0.25, -0.2) is 8.42 Å². The normalized spacial score (nSPS) is 17.3. The third-order valence-corrected chi connectivity index (χ3v) is 5.62. The number of carbonyl (C=O) groups excluding carboxylic acids is 1. The number of piperazine rings is 1. The van der Waals surface area contributed by atoms with E-state index in [1.165, 1.54) is 9.21 Å². The average molecular weight is 350 g/mol. The summed E-state index contributed by atoms with van der Waals surface area (Å²) >= 11 is 0. The number of amides is 1. The van der Waals surface area contributed by atoms with E-state index in [9.17, 15) is 26.4 Å². The molecule has 1 fully saturated rings. The molecule has 0 unspecified atom stereocenters. The van der Waals surface area contributed by atoms with Gasteiger partial charge in [0.2, 0.25) is 10.0 Å². The molecule has 9 heteroatoms. The van der Waals surface area contributed by atoms with Gasteiger partial charge in [-0.2, -0.15) is 17.5 Å². The summed E-state index contributed by atoms with van der Waals surface area (Å²) in [6, 6.07) is 4.01. The van der Waals surface area contributed by atoms with Crippen molar-refractivity contribution in [3.8, 4) is 0 Å². The van der Waals surface area contributed by atoms with Crippen LogP contribution < -0.4 is 0 Å². The Morgan fingerprint density at radius 2 is 1.61 bits per heavy atom. The SMILES string of the molecule is CCS(=O)(=O)N1CCN(C(=O)c2ccc(C(F)(F)F)cc2)CC1. The van der Waals surface area contributed by atoms with Crippen LogP contribution in [0.25, 0.3) is 0 Å². The molecule has 1 aromatic carbocycles. The summed E-state index contributed by atoms with van der Waals surface area (Å²) in [6.45, 7) is 2.39. The fraction of sp³-hybridized carbons (Fsp3) is 0.500. The molecule has 1 aliphatic rings. The third-order valence-electron chi connectivity index (χ3n) is 3.74. The predicted octanol–water partition coefficient (Wildman–Crippen LogP) is 1.81. The zero-order valence-electron chi connectivity index (χ0n) is 12.5. The molecule has 0 aromatic heterocycles. The van der Waals surface area contributed by atoms with Crippen molar-refractivity contribution < 1.29 is 26.4 Å². The Hall–Kier alpha value is -1.61. The van der Waals surface area contributed by atoms with Gasteiger partial charge in [-0.05, 0) is 31.2 Å². The summed E-state index contributed by atoms with van der Waals surface area (Å²) < 4.78 is 62.3. The number of benzene rings is 1. The monoisotopic (exact) mass is 350 g/mol. The largest absolute Gasteiger partial charge is 0.416 e. The van der Waals surface area contributed by atoms with Gasteiger partial charge >= 0.3 is 6.18 Å². The van der Waals surface area contributed by atoms with Gasteiger partial charge in [-0.1, -0.05) is 0 Å². The Morgan fingerprint density at radius 1 is 1.09 bits per heavy atom. The molecule has 0 saturated carbocycles. The maximum Gasteiger partial charge on any atom is 0.416 e. The molecule has 0 atom stereocenters. The van der Waals surface area contributed by atoms with Crippen molar-refractivity contribution in [2.24, 2.45) is 0 Å². The molecule has 5 nitrogen and oxygen atoms in total. The minimum Gasteiger partial charge on any atom is -0.336 e. The Bertz CT molecular complexity index is 664. The van der Waals surface area contributed by atoms with E-state index < -0.39 is 27.7 Å². The van der Waals surface area contributed by atoms with Crippen LogP contribution in [-0.4, -0.2) is 55.5 Å². The number of carbonyl (C=O) groups is 1. The molecule has 2 rings (SSSR count). The molecule has 0 aliphatic carbocycles. The fourth-order valence-corrected chi connectivity index (χ4v) is 3.42. The van der Waals surface area contributed by atoms with Gasteiger partial charge in [-0.3, -0.25) is 4.79 Å². The van der Waals surface area contributed by atoms with E-state index in [1.54, 1.807) is 6.92 Å². The number of nitrogens with zero attached hydrogens (tertiary/aromatic N) is 2. The highest BCUT2D eigenvalue weighted by Crippen LogP contribution is 2.29. The molecule has 1 aromatic rings. The molecular weight excluding hydrogens is 333 g/mol. The van der Waals surface area contributed by atoms with Crippen molar-refractivity contribution in [2.45, 2.75) is 13.1 Å². The minimum atomic E-state index is -4.44. The third kappa shape index (κ3) is 4.03. The summed E-state index contributed by atoms with van der Waals surface area (Å²) in [5.41, 5.74) is -0.655. The van der Waals surface area contributed by atoms with E-state index in [2.05, 4.69) is 0 Å². The molecule has 0 bridgehead atoms. The lowest BCUT2D eigenvalue weighted by molar-refractivity contribution is -0.137. The highest BCUT2D eigenvalue weighted by Gasteiger charge is 2.31. The fourth-order valence-electron chi connectivity index (χ4n) is 2.34. The van der Waals surface area contributed by atoms with E-state index >= 15 is 0 Å². The summed E-state index contributed by atoms with van der Waals surface area (Å²) in [5.74, 6) is -0.396. The van der Waals surface area contributed by atoms with Gasteiger partial charge in [0.05, 0.1) is 11.3 Å². The van der Waals surface area contributed by atoms with E-state index in [-0.39, 0.29) is 37.5 Å². The highest BCUT2D eigenvalue weighted by molar-refractivity contribution is 7.89. The summed E-state index contributed by atoms with van der Waals surface area (Å²) in [5, 5.41) is 0. The van der Waals surface area contributed by atoms with Crippen LogP contribution in [0.3, 0.4) is 0 Å². The number of hydrogen-bond acceptors (Lipinski definition) is 3. The topological polar surface area (TPSA) is 57.7 Å². The van der Waals surface area contributed by atoms with Crippen molar-refractivity contribution in [3.05, 3.63) is 35.4 Å². The van der Waals surface area contributed by atoms with E-state index in [4.69, 9.17) is 0 Å². The second kappa shape index (κ2) is 6.48. The number of sulfonamides is 1. The van der Waals surface area contributed by atoms with Gasteiger partial charge < -0.3 is 4.90 Å². The van der Waals surface area contributed by atoms with E-state index in [1.807, 2.05) is 0 Å². The maximum atomic E-state index is 12.5. The molecule has 23 heavy (non-hydrogen) atoms. The van der Waals surface area contributed by atoms with Crippen LogP contribution in [0.1, 0.15) is 22.8 Å². The van der Waals surface area contributed by atoms with Gasteiger partial charge in [-0.15, -0.1) is 0 Å². The zero-order chi connectivity index (χ0) is 17.3. The Kier molecular flexibility index (Phi) is 5.00. The van der Waals surface area contributed by atoms with Crippen LogP contribution in [0.15, 0.2) is 24.3 Å². The Labute approximate surface area is 132 Å². The lowest BCUT2D eigenvalue weighted by Crippen LogP contribution is -2.50. The lowest BCUT2D eigenvalue weighted by atomic mass is 10.1. The number of halogens is 3. The highest BCUT2D eigenvalue weighted by atomic mass is 32.2. The van der Waals surface area contributed by atoms with E-state index in [0.29, 0.717) is 0 Å². The first-order chi connectivity index (χ1) is 10.6. The van der Waals surface area contributed by atoms with Gasteiger partial charge in [0, 0.05) is 31.7 Å². The van der Waals surface area contributed by atoms with Crippen LogP contribution in [-0.2, 0) is 16.2 Å². The van der Waals surface area contributed by atoms with E-state index in [0.717, 1.165) is 24.3 Å². The minimum absolute atomic E-state index is 0.000148. The summed E-state index contributed by atoms with van der Waals surface area (Å²) in [7, 11) is -3.29. The maximum absolute atomic E-state index is 12.5. The smallest absolute Gasteiger partial charge is 0.336 e. The van der Waals surface area contributed by atoms with Crippen LogP contribution in [0.2, 0.25) is 0 Å². The number of alkyl halides is 3. The summed E-state index contributed by atoms with van der Waals surface area (Å²) in [6.07, 6.45) is -4.44. The first-order valence-corrected chi connectivity index (χ1v) is 8.70. The molecule has 0 N–H and O–H groups in total. The zero-order valence-corrected chi connectivity index (χ0v) is 13.3. The molecule has 1 aliphatic heterocycles. The van der Waals surface area contributed by atoms with Crippen LogP contribution >= 0.6 is 0 Å². The van der Waals surface area contributed by atoms with Crippen LogP contribution in [0.4, 0.5) is 13.2 Å². The quantitative estimate of drug-likeness (QED) is 0.835. The molecule has 0 radical (unpaired) electrons. The van der Waals surface area contributed by atoms with Crippen molar-refractivity contribution >= 4 is 15.9 Å². The van der Waals surface area contributed by atoms with Gasteiger partial charge in [0.25, 0.3) is 5.91 Å². The standard InChI is InChI=1S/C14H17F3N2O3S/c1-2-23(21,22)19-9-7-18(8-10-19)13(20)11-3-5-12(6-4-11)14(15,16)17/h3-6H,2,7-10H2,1H3. The molecular formula is C14H17F3N2O3S.